The molecule has 0 saturated carbocycles. The maximum Gasteiger partial charge on any atom is 0.223 e. The van der Waals surface area contributed by atoms with Crippen molar-refractivity contribution < 1.29 is 14.3 Å². The molecule has 0 aliphatic carbocycles. The first kappa shape index (κ1) is 16.8. The fourth-order valence-corrected chi connectivity index (χ4v) is 2.04. The van der Waals surface area contributed by atoms with Gasteiger partial charge in [-0.2, -0.15) is 0 Å². The van der Waals surface area contributed by atoms with Crippen LogP contribution in [0.15, 0.2) is 36.5 Å². The average Bonchev–Trinajstić information content (AvgIpc) is 2.56. The molecule has 0 unspecified atom stereocenters. The molecule has 0 spiro atoms. The zero-order valence-electron chi connectivity index (χ0n) is 13.8. The van der Waals surface area contributed by atoms with Gasteiger partial charge in [-0.05, 0) is 36.6 Å². The van der Waals surface area contributed by atoms with Crippen molar-refractivity contribution in [2.24, 2.45) is 0 Å². The molecule has 2 aromatic rings. The Hall–Kier alpha value is -2.56. The number of benzene rings is 1. The number of hydrogen-bond donors (Lipinski definition) is 1. The molecule has 0 aliphatic heterocycles. The highest BCUT2D eigenvalue weighted by molar-refractivity contribution is 5.76. The Morgan fingerprint density at radius 1 is 1.22 bits per heavy atom. The van der Waals surface area contributed by atoms with E-state index in [0.717, 1.165) is 22.4 Å². The Morgan fingerprint density at radius 3 is 2.74 bits per heavy atom. The minimum absolute atomic E-state index is 0.0499. The summed E-state index contributed by atoms with van der Waals surface area (Å²) in [4.78, 5) is 15.9. The lowest BCUT2D eigenvalue weighted by molar-refractivity contribution is -0.121. The third kappa shape index (κ3) is 5.29. The number of nitrogens with zero attached hydrogens (tertiary/aromatic N) is 1. The molecule has 0 saturated heterocycles. The molecule has 0 atom stereocenters. The Morgan fingerprint density at radius 2 is 2.04 bits per heavy atom. The second-order valence-corrected chi connectivity index (χ2v) is 5.35. The monoisotopic (exact) mass is 314 g/mol. The molecule has 0 bridgehead atoms. The Balaban J connectivity index is 1.73. The first-order valence-corrected chi connectivity index (χ1v) is 7.54. The largest absolute Gasteiger partial charge is 0.493 e. The molecule has 0 fully saturated rings. The van der Waals surface area contributed by atoms with Crippen molar-refractivity contribution >= 4 is 5.91 Å². The minimum atomic E-state index is -0.0499. The molecule has 122 valence electrons. The fourth-order valence-electron chi connectivity index (χ4n) is 2.04. The lowest BCUT2D eigenvalue weighted by Crippen LogP contribution is -2.24. The van der Waals surface area contributed by atoms with Gasteiger partial charge in [-0.25, -0.2) is 4.98 Å². The predicted octanol–water partition coefficient (Wildman–Crippen LogP) is 2.79. The normalized spacial score (nSPS) is 10.2. The van der Waals surface area contributed by atoms with Crippen LogP contribution < -0.4 is 14.8 Å². The number of carbonyl (C=O) groups is 1. The summed E-state index contributed by atoms with van der Waals surface area (Å²) in [5.74, 6) is 1.34. The van der Waals surface area contributed by atoms with Crippen molar-refractivity contribution in [2.45, 2.75) is 26.8 Å². The summed E-state index contributed by atoms with van der Waals surface area (Å²) in [6.45, 7) is 4.81. The lowest BCUT2D eigenvalue weighted by Gasteiger charge is -2.10. The van der Waals surface area contributed by atoms with E-state index in [1.807, 2.05) is 38.1 Å². The van der Waals surface area contributed by atoms with Crippen LogP contribution in [0.2, 0.25) is 0 Å². The topological polar surface area (TPSA) is 60.5 Å². The van der Waals surface area contributed by atoms with Crippen LogP contribution in [0.5, 0.6) is 11.6 Å². The van der Waals surface area contributed by atoms with E-state index in [0.29, 0.717) is 25.5 Å². The van der Waals surface area contributed by atoms with Gasteiger partial charge in [0.2, 0.25) is 11.8 Å². The van der Waals surface area contributed by atoms with Crippen LogP contribution in [0.1, 0.15) is 23.1 Å². The number of nitrogens with one attached hydrogen (secondary N) is 1. The van der Waals surface area contributed by atoms with Gasteiger partial charge >= 0.3 is 0 Å². The molecular formula is C18H22N2O3. The van der Waals surface area contributed by atoms with Crippen LogP contribution in [0.4, 0.5) is 0 Å². The van der Waals surface area contributed by atoms with Gasteiger partial charge in [0.25, 0.3) is 0 Å². The molecule has 1 N–H and O–H groups in total. The van der Waals surface area contributed by atoms with E-state index in [1.54, 1.807) is 19.4 Å². The molecule has 1 aromatic heterocycles. The average molecular weight is 314 g/mol. The van der Waals surface area contributed by atoms with Crippen molar-refractivity contribution in [3.63, 3.8) is 0 Å². The molecule has 1 aromatic carbocycles. The molecule has 5 heteroatoms. The number of aryl methyl sites for hydroxylation is 2. The fraction of sp³-hybridized carbons (Fsp3) is 0.333. The standard InChI is InChI=1S/C18H22N2O3/c1-13-4-5-14(2)16(10-13)23-9-8-17(21)19-11-15-6-7-18(22-3)20-12-15/h4-7,10,12H,8-9,11H2,1-3H3,(H,19,21). The first-order valence-electron chi connectivity index (χ1n) is 7.54. The highest BCUT2D eigenvalue weighted by Gasteiger charge is 2.04. The number of aromatic nitrogens is 1. The summed E-state index contributed by atoms with van der Waals surface area (Å²) >= 11 is 0. The molecule has 0 radical (unpaired) electrons. The quantitative estimate of drug-likeness (QED) is 0.853. The smallest absolute Gasteiger partial charge is 0.223 e. The van der Waals surface area contributed by atoms with Crippen molar-refractivity contribution in [3.05, 3.63) is 53.2 Å². The summed E-state index contributed by atoms with van der Waals surface area (Å²) in [6.07, 6.45) is 2.00. The van der Waals surface area contributed by atoms with E-state index in [4.69, 9.17) is 9.47 Å². The van der Waals surface area contributed by atoms with E-state index in [-0.39, 0.29) is 5.91 Å². The van der Waals surface area contributed by atoms with E-state index in [2.05, 4.69) is 10.3 Å². The Bertz CT molecular complexity index is 654. The van der Waals surface area contributed by atoms with Crippen LogP contribution in [-0.2, 0) is 11.3 Å². The zero-order chi connectivity index (χ0) is 16.7. The summed E-state index contributed by atoms with van der Waals surface area (Å²) in [6, 6.07) is 9.68. The van der Waals surface area contributed by atoms with Crippen LogP contribution in [0.3, 0.4) is 0 Å². The van der Waals surface area contributed by atoms with Crippen molar-refractivity contribution in [1.82, 2.24) is 10.3 Å². The van der Waals surface area contributed by atoms with E-state index in [1.165, 1.54) is 0 Å². The van der Waals surface area contributed by atoms with Crippen LogP contribution in [0, 0.1) is 13.8 Å². The lowest BCUT2D eigenvalue weighted by atomic mass is 10.1. The highest BCUT2D eigenvalue weighted by Crippen LogP contribution is 2.19. The van der Waals surface area contributed by atoms with Crippen molar-refractivity contribution in [2.75, 3.05) is 13.7 Å². The molecule has 1 amide bonds. The minimum Gasteiger partial charge on any atom is -0.493 e. The second kappa shape index (κ2) is 8.17. The number of amides is 1. The molecule has 5 nitrogen and oxygen atoms in total. The van der Waals surface area contributed by atoms with Crippen LogP contribution in [-0.4, -0.2) is 24.6 Å². The maximum absolute atomic E-state index is 11.8. The number of hydrogen-bond acceptors (Lipinski definition) is 4. The van der Waals surface area contributed by atoms with E-state index < -0.39 is 0 Å². The summed E-state index contributed by atoms with van der Waals surface area (Å²) in [5, 5.41) is 2.85. The van der Waals surface area contributed by atoms with E-state index >= 15 is 0 Å². The Kier molecular flexibility index (Phi) is 5.97. The summed E-state index contributed by atoms with van der Waals surface area (Å²) in [5.41, 5.74) is 3.14. The molecule has 1 heterocycles. The zero-order valence-corrected chi connectivity index (χ0v) is 13.8. The summed E-state index contributed by atoms with van der Waals surface area (Å²) < 4.78 is 10.7. The number of ether oxygens (including phenoxy) is 2. The van der Waals surface area contributed by atoms with Crippen LogP contribution in [0.25, 0.3) is 0 Å². The van der Waals surface area contributed by atoms with Crippen molar-refractivity contribution in [1.29, 1.82) is 0 Å². The van der Waals surface area contributed by atoms with Gasteiger partial charge in [0.05, 0.1) is 20.1 Å². The van der Waals surface area contributed by atoms with Crippen LogP contribution >= 0.6 is 0 Å². The third-order valence-electron chi connectivity index (χ3n) is 3.43. The third-order valence-corrected chi connectivity index (χ3v) is 3.43. The molecule has 0 aliphatic rings. The first-order chi connectivity index (χ1) is 11.1. The number of rotatable bonds is 7. The second-order valence-electron chi connectivity index (χ2n) is 5.35. The summed E-state index contributed by atoms with van der Waals surface area (Å²) in [7, 11) is 1.57. The van der Waals surface area contributed by atoms with Gasteiger partial charge in [0.15, 0.2) is 0 Å². The van der Waals surface area contributed by atoms with Gasteiger partial charge in [-0.3, -0.25) is 4.79 Å². The molecular weight excluding hydrogens is 292 g/mol. The SMILES string of the molecule is COc1ccc(CNC(=O)CCOc2cc(C)ccc2C)cn1. The number of carbonyl (C=O) groups excluding carboxylic acids is 1. The van der Waals surface area contributed by atoms with E-state index in [9.17, 15) is 4.79 Å². The van der Waals surface area contributed by atoms with Gasteiger partial charge < -0.3 is 14.8 Å². The van der Waals surface area contributed by atoms with Gasteiger partial charge in [0.1, 0.15) is 5.75 Å². The van der Waals surface area contributed by atoms with Gasteiger partial charge in [0, 0.05) is 18.8 Å². The predicted molar refractivity (Wildman–Crippen MR) is 88.7 cm³/mol. The van der Waals surface area contributed by atoms with Gasteiger partial charge in [-0.1, -0.05) is 18.2 Å². The van der Waals surface area contributed by atoms with Crippen molar-refractivity contribution in [3.8, 4) is 11.6 Å². The molecule has 23 heavy (non-hydrogen) atoms. The highest BCUT2D eigenvalue weighted by atomic mass is 16.5. The number of methoxy groups -OCH3 is 1. The Labute approximate surface area is 136 Å². The number of pyridine rings is 1. The molecule has 2 rings (SSSR count). The maximum atomic E-state index is 11.8. The van der Waals surface area contributed by atoms with Gasteiger partial charge in [-0.15, -0.1) is 0 Å².